The van der Waals surface area contributed by atoms with Crippen LogP contribution in [-0.4, -0.2) is 38.2 Å². The first kappa shape index (κ1) is 14.6. The molecule has 0 unspecified atom stereocenters. The van der Waals surface area contributed by atoms with Gasteiger partial charge in [-0.2, -0.15) is 5.10 Å². The Balaban J connectivity index is 1.77. The van der Waals surface area contributed by atoms with Gasteiger partial charge in [0.05, 0.1) is 12.2 Å². The molecule has 22 heavy (non-hydrogen) atoms. The predicted molar refractivity (Wildman–Crippen MR) is 82.8 cm³/mol. The molecule has 3 heterocycles. The van der Waals surface area contributed by atoms with Gasteiger partial charge in [-0.15, -0.1) is 0 Å². The average molecular weight is 300 g/mol. The third-order valence-corrected chi connectivity index (χ3v) is 4.14. The third-order valence-electron chi connectivity index (χ3n) is 4.14. The van der Waals surface area contributed by atoms with Gasteiger partial charge in [0.15, 0.2) is 0 Å². The second kappa shape index (κ2) is 5.79. The molecule has 1 atom stereocenters. The largest absolute Gasteiger partial charge is 0.336 e. The summed E-state index contributed by atoms with van der Waals surface area (Å²) in [7, 11) is 1.67. The lowest BCUT2D eigenvalue weighted by Gasteiger charge is -2.33. The van der Waals surface area contributed by atoms with Crippen molar-refractivity contribution in [1.82, 2.24) is 19.2 Å². The molecule has 2 aromatic rings. The van der Waals surface area contributed by atoms with Crippen LogP contribution in [0.4, 0.5) is 0 Å². The van der Waals surface area contributed by atoms with E-state index >= 15 is 0 Å². The normalized spacial score (nSPS) is 18.5. The van der Waals surface area contributed by atoms with Crippen LogP contribution >= 0.6 is 0 Å². The number of rotatable bonds is 2. The number of amides is 1. The van der Waals surface area contributed by atoms with Crippen molar-refractivity contribution < 1.29 is 4.79 Å². The highest BCUT2D eigenvalue weighted by Gasteiger charge is 2.26. The molecule has 0 aromatic carbocycles. The number of aryl methyl sites for hydroxylation is 2. The number of hydrogen-bond donors (Lipinski definition) is 0. The minimum absolute atomic E-state index is 0.0775. The van der Waals surface area contributed by atoms with E-state index in [2.05, 4.69) is 5.10 Å². The van der Waals surface area contributed by atoms with E-state index in [-0.39, 0.29) is 17.5 Å². The van der Waals surface area contributed by atoms with E-state index in [1.54, 1.807) is 19.3 Å². The molecule has 6 nitrogen and oxygen atoms in total. The molecule has 0 N–H and O–H groups in total. The second-order valence-corrected chi connectivity index (χ2v) is 5.91. The van der Waals surface area contributed by atoms with Crippen LogP contribution in [0, 0.1) is 6.92 Å². The molecule has 1 saturated heterocycles. The highest BCUT2D eigenvalue weighted by Crippen LogP contribution is 2.22. The van der Waals surface area contributed by atoms with Crippen molar-refractivity contribution in [3.05, 3.63) is 52.2 Å². The lowest BCUT2D eigenvalue weighted by Crippen LogP contribution is -2.41. The van der Waals surface area contributed by atoms with Gasteiger partial charge in [-0.05, 0) is 31.4 Å². The Morgan fingerprint density at radius 2 is 2.23 bits per heavy atom. The van der Waals surface area contributed by atoms with Crippen LogP contribution in [0.25, 0.3) is 0 Å². The predicted octanol–water partition coefficient (Wildman–Crippen LogP) is 1.37. The van der Waals surface area contributed by atoms with Crippen molar-refractivity contribution >= 4 is 5.91 Å². The maximum Gasteiger partial charge on any atom is 0.254 e. The molecule has 1 fully saturated rings. The SMILES string of the molecule is Cc1cnn([C@@H]2CCCN(C(=O)c3ccn(C)c(=O)c3)C2)c1. The number of piperidine rings is 1. The van der Waals surface area contributed by atoms with Gasteiger partial charge in [-0.3, -0.25) is 14.3 Å². The first-order valence-electron chi connectivity index (χ1n) is 7.51. The molecular weight excluding hydrogens is 280 g/mol. The number of aromatic nitrogens is 3. The second-order valence-electron chi connectivity index (χ2n) is 5.91. The van der Waals surface area contributed by atoms with Gasteiger partial charge >= 0.3 is 0 Å². The summed E-state index contributed by atoms with van der Waals surface area (Å²) in [6, 6.07) is 3.31. The third kappa shape index (κ3) is 2.81. The smallest absolute Gasteiger partial charge is 0.254 e. The molecule has 0 spiro atoms. The van der Waals surface area contributed by atoms with Gasteiger partial charge < -0.3 is 9.47 Å². The molecule has 0 saturated carbocycles. The average Bonchev–Trinajstić information content (AvgIpc) is 2.96. The monoisotopic (exact) mass is 300 g/mol. The van der Waals surface area contributed by atoms with Gasteiger partial charge in [0.25, 0.3) is 11.5 Å². The summed E-state index contributed by atoms with van der Waals surface area (Å²) in [5, 5.41) is 4.36. The van der Waals surface area contributed by atoms with E-state index in [9.17, 15) is 9.59 Å². The molecule has 1 aliphatic heterocycles. The molecular formula is C16H20N4O2. The number of carbonyl (C=O) groups excluding carboxylic acids is 1. The summed E-state index contributed by atoms with van der Waals surface area (Å²) in [6.07, 6.45) is 7.44. The summed E-state index contributed by atoms with van der Waals surface area (Å²) in [5.41, 5.74) is 1.41. The van der Waals surface area contributed by atoms with Crippen molar-refractivity contribution in [2.75, 3.05) is 13.1 Å². The molecule has 1 amide bonds. The molecule has 116 valence electrons. The summed E-state index contributed by atoms with van der Waals surface area (Å²) < 4.78 is 3.40. The Bertz CT molecular complexity index is 747. The number of likely N-dealkylation sites (tertiary alicyclic amines) is 1. The first-order valence-corrected chi connectivity index (χ1v) is 7.51. The summed E-state index contributed by atoms with van der Waals surface area (Å²) in [6.45, 7) is 3.37. The van der Waals surface area contributed by atoms with Crippen molar-refractivity contribution in [2.45, 2.75) is 25.8 Å². The minimum Gasteiger partial charge on any atom is -0.336 e. The van der Waals surface area contributed by atoms with Crippen LogP contribution in [0.1, 0.15) is 34.8 Å². The van der Waals surface area contributed by atoms with Crippen molar-refractivity contribution in [1.29, 1.82) is 0 Å². The van der Waals surface area contributed by atoms with E-state index < -0.39 is 0 Å². The van der Waals surface area contributed by atoms with Crippen LogP contribution in [-0.2, 0) is 7.05 Å². The highest BCUT2D eigenvalue weighted by molar-refractivity contribution is 5.94. The number of nitrogens with zero attached hydrogens (tertiary/aromatic N) is 4. The topological polar surface area (TPSA) is 60.1 Å². The Labute approximate surface area is 129 Å². The van der Waals surface area contributed by atoms with Gasteiger partial charge in [0.2, 0.25) is 0 Å². The van der Waals surface area contributed by atoms with E-state index in [4.69, 9.17) is 0 Å². The van der Waals surface area contributed by atoms with Crippen LogP contribution in [0.3, 0.4) is 0 Å². The van der Waals surface area contributed by atoms with Crippen molar-refractivity contribution in [2.24, 2.45) is 7.05 Å². The standard InChI is InChI=1S/C16H20N4O2/c1-12-9-17-20(10-12)14-4-3-6-19(11-14)16(22)13-5-7-18(2)15(21)8-13/h5,7-10,14H,3-4,6,11H2,1-2H3/t14-/m1/s1. The summed E-state index contributed by atoms with van der Waals surface area (Å²) >= 11 is 0. The van der Waals surface area contributed by atoms with Gasteiger partial charge in [-0.25, -0.2) is 0 Å². The number of carbonyl (C=O) groups is 1. The Kier molecular flexibility index (Phi) is 3.83. The Morgan fingerprint density at radius 1 is 1.41 bits per heavy atom. The van der Waals surface area contributed by atoms with Crippen LogP contribution < -0.4 is 5.56 Å². The summed E-state index contributed by atoms with van der Waals surface area (Å²) in [4.78, 5) is 26.1. The fourth-order valence-corrected chi connectivity index (χ4v) is 2.85. The molecule has 0 radical (unpaired) electrons. The molecule has 3 rings (SSSR count). The zero-order chi connectivity index (χ0) is 15.7. The van der Waals surface area contributed by atoms with E-state index in [1.807, 2.05) is 28.9 Å². The molecule has 0 bridgehead atoms. The van der Waals surface area contributed by atoms with Gasteiger partial charge in [-0.1, -0.05) is 0 Å². The van der Waals surface area contributed by atoms with Gasteiger partial charge in [0.1, 0.15) is 0 Å². The molecule has 6 heteroatoms. The van der Waals surface area contributed by atoms with Crippen LogP contribution in [0.15, 0.2) is 35.5 Å². The molecule has 0 aliphatic carbocycles. The maximum absolute atomic E-state index is 12.6. The quantitative estimate of drug-likeness (QED) is 0.841. The van der Waals surface area contributed by atoms with Gasteiger partial charge in [0, 0.05) is 44.2 Å². The Hall–Kier alpha value is -2.37. The maximum atomic E-state index is 12.6. The van der Waals surface area contributed by atoms with Crippen LogP contribution in [0.2, 0.25) is 0 Å². The zero-order valence-electron chi connectivity index (χ0n) is 12.9. The van der Waals surface area contributed by atoms with E-state index in [1.165, 1.54) is 10.6 Å². The summed E-state index contributed by atoms with van der Waals surface area (Å²) in [5.74, 6) is -0.0775. The molecule has 1 aliphatic rings. The van der Waals surface area contributed by atoms with E-state index in [0.717, 1.165) is 24.9 Å². The first-order chi connectivity index (χ1) is 10.5. The van der Waals surface area contributed by atoms with Crippen molar-refractivity contribution in [3.8, 4) is 0 Å². The molecule has 2 aromatic heterocycles. The number of hydrogen-bond acceptors (Lipinski definition) is 3. The lowest BCUT2D eigenvalue weighted by atomic mass is 10.0. The van der Waals surface area contributed by atoms with E-state index in [0.29, 0.717) is 12.1 Å². The zero-order valence-corrected chi connectivity index (χ0v) is 12.9. The van der Waals surface area contributed by atoms with Crippen molar-refractivity contribution in [3.63, 3.8) is 0 Å². The fourth-order valence-electron chi connectivity index (χ4n) is 2.85. The lowest BCUT2D eigenvalue weighted by molar-refractivity contribution is 0.0672. The minimum atomic E-state index is -0.165. The Morgan fingerprint density at radius 3 is 2.91 bits per heavy atom. The fraction of sp³-hybridized carbons (Fsp3) is 0.438. The number of pyridine rings is 1. The highest BCUT2D eigenvalue weighted by atomic mass is 16.2. The van der Waals surface area contributed by atoms with Crippen LogP contribution in [0.5, 0.6) is 0 Å².